The maximum Gasteiger partial charge on any atom is 0.348 e. The first-order valence-corrected chi connectivity index (χ1v) is 9.64. The summed E-state index contributed by atoms with van der Waals surface area (Å²) in [5.74, 6) is -0.951. The molecule has 28 heavy (non-hydrogen) atoms. The standard InChI is InChI=1S/C21H17FN2O3S/c1-3-27-21(26)19-14(17-15(22)8-5-9-16(17)28-19)10-24-11-23-18-12(2)6-4-7-13(18)20(24)25/h4-9,11H,3,10H2,1-2H3. The van der Waals surface area contributed by atoms with E-state index in [-0.39, 0.29) is 18.7 Å². The van der Waals surface area contributed by atoms with Crippen molar-refractivity contribution in [1.29, 1.82) is 0 Å². The van der Waals surface area contributed by atoms with Gasteiger partial charge in [0.15, 0.2) is 0 Å². The van der Waals surface area contributed by atoms with E-state index in [1.54, 1.807) is 31.2 Å². The van der Waals surface area contributed by atoms with Crippen LogP contribution in [0.25, 0.3) is 21.0 Å². The van der Waals surface area contributed by atoms with Crippen LogP contribution in [0.15, 0.2) is 47.5 Å². The fraction of sp³-hybridized carbons (Fsp3) is 0.190. The van der Waals surface area contributed by atoms with Gasteiger partial charge >= 0.3 is 5.97 Å². The molecule has 0 amide bonds. The summed E-state index contributed by atoms with van der Waals surface area (Å²) in [5, 5.41) is 0.826. The minimum atomic E-state index is -0.518. The van der Waals surface area contributed by atoms with Gasteiger partial charge in [0.1, 0.15) is 10.7 Å². The van der Waals surface area contributed by atoms with Crippen molar-refractivity contribution in [2.24, 2.45) is 0 Å². The average molecular weight is 396 g/mol. The molecule has 2 aromatic heterocycles. The molecule has 0 aliphatic heterocycles. The first-order chi connectivity index (χ1) is 13.5. The van der Waals surface area contributed by atoms with Crippen molar-refractivity contribution in [2.75, 3.05) is 6.61 Å². The average Bonchev–Trinajstić information content (AvgIpc) is 3.05. The molecule has 0 atom stereocenters. The third kappa shape index (κ3) is 2.97. The van der Waals surface area contributed by atoms with Crippen molar-refractivity contribution in [3.8, 4) is 0 Å². The van der Waals surface area contributed by atoms with E-state index >= 15 is 0 Å². The number of rotatable bonds is 4. The number of benzene rings is 2. The summed E-state index contributed by atoms with van der Waals surface area (Å²) in [6.07, 6.45) is 1.44. The lowest BCUT2D eigenvalue weighted by molar-refractivity contribution is 0.0531. The van der Waals surface area contributed by atoms with Crippen LogP contribution >= 0.6 is 11.3 Å². The third-order valence-electron chi connectivity index (χ3n) is 4.61. The van der Waals surface area contributed by atoms with Crippen LogP contribution in [0, 0.1) is 12.7 Å². The molecule has 0 unspecified atom stereocenters. The molecular weight excluding hydrogens is 379 g/mol. The molecule has 4 aromatic rings. The fourth-order valence-electron chi connectivity index (χ4n) is 3.30. The van der Waals surface area contributed by atoms with Crippen molar-refractivity contribution >= 4 is 38.3 Å². The first kappa shape index (κ1) is 18.3. The van der Waals surface area contributed by atoms with E-state index in [0.29, 0.717) is 31.4 Å². The number of hydrogen-bond donors (Lipinski definition) is 0. The van der Waals surface area contributed by atoms with Gasteiger partial charge in [-0.15, -0.1) is 11.3 Å². The quantitative estimate of drug-likeness (QED) is 0.483. The normalized spacial score (nSPS) is 11.2. The lowest BCUT2D eigenvalue weighted by Gasteiger charge is -2.09. The van der Waals surface area contributed by atoms with Crippen molar-refractivity contribution in [2.45, 2.75) is 20.4 Å². The van der Waals surface area contributed by atoms with Crippen LogP contribution in [0.2, 0.25) is 0 Å². The zero-order valence-corrected chi connectivity index (χ0v) is 16.2. The van der Waals surface area contributed by atoms with Crippen LogP contribution in [0.3, 0.4) is 0 Å². The zero-order valence-electron chi connectivity index (χ0n) is 15.4. The highest BCUT2D eigenvalue weighted by atomic mass is 32.1. The smallest absolute Gasteiger partial charge is 0.348 e. The Labute approximate surface area is 164 Å². The second-order valence-corrected chi connectivity index (χ2v) is 7.44. The Balaban J connectivity index is 1.91. The number of esters is 1. The van der Waals surface area contributed by atoms with Gasteiger partial charge in [-0.3, -0.25) is 9.36 Å². The van der Waals surface area contributed by atoms with E-state index in [1.807, 2.05) is 13.0 Å². The number of thiophene rings is 1. The van der Waals surface area contributed by atoms with Gasteiger partial charge in [0.05, 0.1) is 30.4 Å². The highest BCUT2D eigenvalue weighted by molar-refractivity contribution is 7.21. The molecule has 142 valence electrons. The molecule has 0 fully saturated rings. The number of aryl methyl sites for hydroxylation is 1. The Kier molecular flexibility index (Phi) is 4.68. The predicted octanol–water partition coefficient (Wildman–Crippen LogP) is 4.28. The monoisotopic (exact) mass is 396 g/mol. The number of carbonyl (C=O) groups is 1. The van der Waals surface area contributed by atoms with Crippen molar-refractivity contribution in [3.05, 3.63) is 74.9 Å². The van der Waals surface area contributed by atoms with Gasteiger partial charge < -0.3 is 4.74 Å². The van der Waals surface area contributed by atoms with E-state index < -0.39 is 11.8 Å². The summed E-state index contributed by atoms with van der Waals surface area (Å²) in [5.41, 5.74) is 1.74. The van der Waals surface area contributed by atoms with E-state index in [2.05, 4.69) is 4.98 Å². The Bertz CT molecular complexity index is 1280. The molecule has 0 N–H and O–H groups in total. The second-order valence-electron chi connectivity index (χ2n) is 6.39. The lowest BCUT2D eigenvalue weighted by atomic mass is 10.1. The number of para-hydroxylation sites is 1. The number of fused-ring (bicyclic) bond motifs is 2. The molecule has 0 aliphatic rings. The van der Waals surface area contributed by atoms with Gasteiger partial charge in [-0.25, -0.2) is 14.2 Å². The molecule has 0 radical (unpaired) electrons. The predicted molar refractivity (Wildman–Crippen MR) is 108 cm³/mol. The lowest BCUT2D eigenvalue weighted by Crippen LogP contribution is -2.22. The number of carbonyl (C=O) groups excluding carboxylic acids is 1. The number of aromatic nitrogens is 2. The third-order valence-corrected chi connectivity index (χ3v) is 5.79. The van der Waals surface area contributed by atoms with E-state index in [0.717, 1.165) is 5.56 Å². The maximum absolute atomic E-state index is 14.6. The summed E-state index contributed by atoms with van der Waals surface area (Å²) < 4.78 is 21.7. The van der Waals surface area contributed by atoms with Gasteiger partial charge in [-0.2, -0.15) is 0 Å². The molecule has 2 heterocycles. The van der Waals surface area contributed by atoms with E-state index in [1.165, 1.54) is 28.3 Å². The SMILES string of the molecule is CCOC(=O)c1sc2cccc(F)c2c1Cn1cnc2c(C)cccc2c1=O. The summed E-state index contributed by atoms with van der Waals surface area (Å²) >= 11 is 1.17. The van der Waals surface area contributed by atoms with Crippen LogP contribution in [-0.4, -0.2) is 22.1 Å². The largest absolute Gasteiger partial charge is 0.462 e. The van der Waals surface area contributed by atoms with Gasteiger partial charge in [0, 0.05) is 15.6 Å². The van der Waals surface area contributed by atoms with Crippen LogP contribution in [-0.2, 0) is 11.3 Å². The minimum absolute atomic E-state index is 0.0325. The summed E-state index contributed by atoms with van der Waals surface area (Å²) in [7, 11) is 0. The number of ether oxygens (including phenoxy) is 1. The molecule has 4 rings (SSSR count). The highest BCUT2D eigenvalue weighted by Crippen LogP contribution is 2.34. The van der Waals surface area contributed by atoms with E-state index in [9.17, 15) is 14.0 Å². The molecule has 5 nitrogen and oxygen atoms in total. The van der Waals surface area contributed by atoms with Crippen molar-refractivity contribution < 1.29 is 13.9 Å². The van der Waals surface area contributed by atoms with Crippen LogP contribution in [0.4, 0.5) is 4.39 Å². The van der Waals surface area contributed by atoms with E-state index in [4.69, 9.17) is 4.74 Å². The number of nitrogens with zero attached hydrogens (tertiary/aromatic N) is 2. The molecule has 0 aliphatic carbocycles. The molecule has 0 spiro atoms. The van der Waals surface area contributed by atoms with Crippen LogP contribution < -0.4 is 5.56 Å². The Morgan fingerprint density at radius 2 is 2.04 bits per heavy atom. The minimum Gasteiger partial charge on any atom is -0.462 e. The summed E-state index contributed by atoms with van der Waals surface area (Å²) in [6.45, 7) is 3.85. The van der Waals surface area contributed by atoms with Crippen molar-refractivity contribution in [3.63, 3.8) is 0 Å². The van der Waals surface area contributed by atoms with Gasteiger partial charge in [0.25, 0.3) is 5.56 Å². The molecular formula is C21H17FN2O3S. The van der Waals surface area contributed by atoms with Crippen molar-refractivity contribution in [1.82, 2.24) is 9.55 Å². The fourth-order valence-corrected chi connectivity index (χ4v) is 4.42. The second kappa shape index (κ2) is 7.16. The zero-order chi connectivity index (χ0) is 19.8. The van der Waals surface area contributed by atoms with Crippen LogP contribution in [0.5, 0.6) is 0 Å². The Morgan fingerprint density at radius 1 is 1.25 bits per heavy atom. The Hall–Kier alpha value is -3.06. The summed E-state index contributed by atoms with van der Waals surface area (Å²) in [4.78, 5) is 30.1. The van der Waals surface area contributed by atoms with Gasteiger partial charge in [-0.1, -0.05) is 18.2 Å². The number of halogens is 1. The molecule has 7 heteroatoms. The molecule has 2 aromatic carbocycles. The topological polar surface area (TPSA) is 61.2 Å². The first-order valence-electron chi connectivity index (χ1n) is 8.83. The molecule has 0 saturated carbocycles. The molecule has 0 saturated heterocycles. The highest BCUT2D eigenvalue weighted by Gasteiger charge is 2.22. The van der Waals surface area contributed by atoms with Crippen LogP contribution in [0.1, 0.15) is 27.7 Å². The van der Waals surface area contributed by atoms with Gasteiger partial charge in [0.2, 0.25) is 0 Å². The molecule has 0 bridgehead atoms. The van der Waals surface area contributed by atoms with Gasteiger partial charge in [-0.05, 0) is 37.6 Å². The maximum atomic E-state index is 14.6. The summed E-state index contributed by atoms with van der Waals surface area (Å²) in [6, 6.07) is 10.1. The Morgan fingerprint density at radius 3 is 2.82 bits per heavy atom. The number of hydrogen-bond acceptors (Lipinski definition) is 5.